The van der Waals surface area contributed by atoms with Crippen molar-refractivity contribution in [1.29, 1.82) is 0 Å². The molecule has 0 saturated carbocycles. The van der Waals surface area contributed by atoms with Gasteiger partial charge >= 0.3 is 0 Å². The molecule has 2 aliphatic rings. The Hall–Kier alpha value is -1.87. The maximum Gasteiger partial charge on any atom is 0.227 e. The van der Waals surface area contributed by atoms with Gasteiger partial charge in [-0.25, -0.2) is 0 Å². The van der Waals surface area contributed by atoms with Gasteiger partial charge in [0.15, 0.2) is 0 Å². The zero-order valence-corrected chi connectivity index (χ0v) is 13.6. The molecule has 0 aliphatic carbocycles. The lowest BCUT2D eigenvalue weighted by atomic mass is 9.97. The second-order valence-electron chi connectivity index (χ2n) is 6.83. The van der Waals surface area contributed by atoms with E-state index >= 15 is 0 Å². The number of methoxy groups -OCH3 is 1. The van der Waals surface area contributed by atoms with E-state index in [1.807, 2.05) is 12.1 Å². The molecule has 2 aromatic rings. The van der Waals surface area contributed by atoms with Gasteiger partial charge in [0.25, 0.3) is 0 Å². The highest BCUT2D eigenvalue weighted by atomic mass is 16.5. The second-order valence-corrected chi connectivity index (χ2v) is 6.83. The summed E-state index contributed by atoms with van der Waals surface area (Å²) in [7, 11) is 1.79. The molecule has 0 spiro atoms. The Morgan fingerprint density at radius 1 is 1.09 bits per heavy atom. The van der Waals surface area contributed by atoms with Gasteiger partial charge in [0.05, 0.1) is 12.5 Å². The Labute approximate surface area is 137 Å². The first-order chi connectivity index (χ1) is 11.3. The topological polar surface area (TPSA) is 29.5 Å². The van der Waals surface area contributed by atoms with Gasteiger partial charge in [0, 0.05) is 19.2 Å². The van der Waals surface area contributed by atoms with Crippen LogP contribution in [0.5, 0.6) is 0 Å². The van der Waals surface area contributed by atoms with Gasteiger partial charge in [-0.05, 0) is 42.0 Å². The largest absolute Gasteiger partial charge is 0.381 e. The molecule has 0 aromatic heterocycles. The lowest BCUT2D eigenvalue weighted by Crippen LogP contribution is -2.48. The van der Waals surface area contributed by atoms with E-state index in [1.165, 1.54) is 10.8 Å². The van der Waals surface area contributed by atoms with Crippen LogP contribution in [0.2, 0.25) is 0 Å². The van der Waals surface area contributed by atoms with Crippen molar-refractivity contribution < 1.29 is 9.53 Å². The quantitative estimate of drug-likeness (QED) is 0.868. The van der Waals surface area contributed by atoms with E-state index in [0.717, 1.165) is 31.2 Å². The third kappa shape index (κ3) is 2.63. The lowest BCUT2D eigenvalue weighted by Gasteiger charge is -2.38. The number of piperidine rings is 1. The van der Waals surface area contributed by atoms with Crippen LogP contribution in [0.1, 0.15) is 31.2 Å². The Balaban J connectivity index is 1.56. The predicted molar refractivity (Wildman–Crippen MR) is 91.3 cm³/mol. The van der Waals surface area contributed by atoms with Crippen LogP contribution in [0, 0.1) is 0 Å². The number of ether oxygens (including phenoxy) is 1. The van der Waals surface area contributed by atoms with E-state index in [2.05, 4.69) is 35.2 Å². The molecule has 2 bridgehead atoms. The molecule has 1 amide bonds. The van der Waals surface area contributed by atoms with Gasteiger partial charge in [-0.3, -0.25) is 4.79 Å². The summed E-state index contributed by atoms with van der Waals surface area (Å²) < 4.78 is 5.54. The standard InChI is InChI=1S/C20H23NO2/c1-23-18-12-16-9-10-17(13-18)21(16)20(22)11-15-7-4-6-14-5-2-3-8-19(14)15/h2-8,16-18H,9-13H2,1H3. The van der Waals surface area contributed by atoms with Crippen LogP contribution >= 0.6 is 0 Å². The summed E-state index contributed by atoms with van der Waals surface area (Å²) in [6.45, 7) is 0. The summed E-state index contributed by atoms with van der Waals surface area (Å²) in [5.41, 5.74) is 1.14. The van der Waals surface area contributed by atoms with Gasteiger partial charge in [0.2, 0.25) is 5.91 Å². The number of hydrogen-bond donors (Lipinski definition) is 0. The number of rotatable bonds is 3. The van der Waals surface area contributed by atoms with Gasteiger partial charge in [-0.2, -0.15) is 0 Å². The molecule has 0 radical (unpaired) electrons. The van der Waals surface area contributed by atoms with Gasteiger partial charge in [0.1, 0.15) is 0 Å². The van der Waals surface area contributed by atoms with Crippen molar-refractivity contribution in [3.8, 4) is 0 Å². The summed E-state index contributed by atoms with van der Waals surface area (Å²) in [6.07, 6.45) is 5.08. The fourth-order valence-corrected chi connectivity index (χ4v) is 4.43. The van der Waals surface area contributed by atoms with Gasteiger partial charge in [-0.15, -0.1) is 0 Å². The second kappa shape index (κ2) is 5.97. The van der Waals surface area contributed by atoms with Crippen molar-refractivity contribution in [2.75, 3.05) is 7.11 Å². The Morgan fingerprint density at radius 3 is 2.52 bits per heavy atom. The predicted octanol–water partition coefficient (Wildman–Crippen LogP) is 3.55. The van der Waals surface area contributed by atoms with Crippen LogP contribution in [-0.4, -0.2) is 36.1 Å². The van der Waals surface area contributed by atoms with E-state index in [-0.39, 0.29) is 5.91 Å². The molecule has 2 atom stereocenters. The van der Waals surface area contributed by atoms with Crippen LogP contribution in [0.4, 0.5) is 0 Å². The highest BCUT2D eigenvalue weighted by molar-refractivity contribution is 5.90. The van der Waals surface area contributed by atoms with Crippen molar-refractivity contribution in [2.45, 2.75) is 50.3 Å². The summed E-state index contributed by atoms with van der Waals surface area (Å²) >= 11 is 0. The van der Waals surface area contributed by atoms with Crippen molar-refractivity contribution >= 4 is 16.7 Å². The van der Waals surface area contributed by atoms with E-state index in [0.29, 0.717) is 24.6 Å². The molecule has 4 rings (SSSR count). The molecule has 23 heavy (non-hydrogen) atoms. The Kier molecular flexibility index (Phi) is 3.82. The number of fused-ring (bicyclic) bond motifs is 3. The zero-order valence-electron chi connectivity index (χ0n) is 13.6. The SMILES string of the molecule is COC1CC2CCC(C1)N2C(=O)Cc1cccc2ccccc12. The molecular weight excluding hydrogens is 286 g/mol. The van der Waals surface area contributed by atoms with Gasteiger partial charge < -0.3 is 9.64 Å². The van der Waals surface area contributed by atoms with Crippen LogP contribution in [0.15, 0.2) is 42.5 Å². The average molecular weight is 309 g/mol. The minimum absolute atomic E-state index is 0.281. The molecule has 3 heteroatoms. The molecule has 3 nitrogen and oxygen atoms in total. The van der Waals surface area contributed by atoms with Crippen LogP contribution < -0.4 is 0 Å². The third-order valence-corrected chi connectivity index (χ3v) is 5.53. The maximum absolute atomic E-state index is 13.0. The molecule has 2 fully saturated rings. The summed E-state index contributed by atoms with van der Waals surface area (Å²) in [5.74, 6) is 0.281. The maximum atomic E-state index is 13.0. The third-order valence-electron chi connectivity index (χ3n) is 5.53. The fraction of sp³-hybridized carbons (Fsp3) is 0.450. The molecule has 0 N–H and O–H groups in total. The smallest absolute Gasteiger partial charge is 0.227 e. The average Bonchev–Trinajstić information content (AvgIpc) is 2.85. The molecule has 2 aromatic carbocycles. The summed E-state index contributed by atoms with van der Waals surface area (Å²) in [4.78, 5) is 15.1. The van der Waals surface area contributed by atoms with E-state index in [1.54, 1.807) is 7.11 Å². The first-order valence-electron chi connectivity index (χ1n) is 8.57. The van der Waals surface area contributed by atoms with Crippen LogP contribution in [0.3, 0.4) is 0 Å². The number of carbonyl (C=O) groups is 1. The molecule has 2 unspecified atom stereocenters. The first-order valence-corrected chi connectivity index (χ1v) is 8.57. The monoisotopic (exact) mass is 309 g/mol. The number of benzene rings is 2. The van der Waals surface area contributed by atoms with Crippen molar-refractivity contribution in [3.63, 3.8) is 0 Å². The van der Waals surface area contributed by atoms with E-state index in [9.17, 15) is 4.79 Å². The number of hydrogen-bond acceptors (Lipinski definition) is 2. The number of carbonyl (C=O) groups excluding carboxylic acids is 1. The Bertz CT molecular complexity index is 707. The molecule has 120 valence electrons. The molecular formula is C20H23NO2. The van der Waals surface area contributed by atoms with Crippen molar-refractivity contribution in [3.05, 3.63) is 48.0 Å². The van der Waals surface area contributed by atoms with Crippen molar-refractivity contribution in [2.24, 2.45) is 0 Å². The van der Waals surface area contributed by atoms with Crippen LogP contribution in [-0.2, 0) is 16.0 Å². The fourth-order valence-electron chi connectivity index (χ4n) is 4.43. The zero-order chi connectivity index (χ0) is 15.8. The highest BCUT2D eigenvalue weighted by Gasteiger charge is 2.43. The Morgan fingerprint density at radius 2 is 1.78 bits per heavy atom. The summed E-state index contributed by atoms with van der Waals surface area (Å²) in [6, 6.07) is 15.3. The molecule has 2 aliphatic heterocycles. The highest BCUT2D eigenvalue weighted by Crippen LogP contribution is 2.37. The van der Waals surface area contributed by atoms with E-state index in [4.69, 9.17) is 4.74 Å². The van der Waals surface area contributed by atoms with E-state index < -0.39 is 0 Å². The summed E-state index contributed by atoms with van der Waals surface area (Å²) in [5, 5.41) is 2.40. The van der Waals surface area contributed by atoms with Gasteiger partial charge in [-0.1, -0.05) is 42.5 Å². The van der Waals surface area contributed by atoms with Crippen molar-refractivity contribution in [1.82, 2.24) is 4.90 Å². The normalized spacial score (nSPS) is 26.7. The minimum atomic E-state index is 0.281. The number of nitrogens with zero attached hydrogens (tertiary/aromatic N) is 1. The van der Waals surface area contributed by atoms with Crippen LogP contribution in [0.25, 0.3) is 10.8 Å². The minimum Gasteiger partial charge on any atom is -0.381 e. The molecule has 2 heterocycles. The first kappa shape index (κ1) is 14.7. The lowest BCUT2D eigenvalue weighted by molar-refractivity contribution is -0.137. The number of amides is 1. The molecule has 2 saturated heterocycles.